The number of piperidine rings is 1. The number of ether oxygens (including phenoxy) is 1. The first-order valence-electron chi connectivity index (χ1n) is 10.3. The van der Waals surface area contributed by atoms with Crippen LogP contribution in [0.1, 0.15) is 12.8 Å². The number of nitrogens with zero attached hydrogens (tertiary/aromatic N) is 2. The number of anilines is 1. The van der Waals surface area contributed by atoms with Crippen LogP contribution < -0.4 is 10.1 Å². The smallest absolute Gasteiger partial charge is 0.490 e. The van der Waals surface area contributed by atoms with Gasteiger partial charge in [-0.15, -0.1) is 0 Å². The van der Waals surface area contributed by atoms with Crippen LogP contribution in [0.2, 0.25) is 0 Å². The zero-order chi connectivity index (χ0) is 26.0. The number of carboxylic acids is 1. The zero-order valence-electron chi connectivity index (χ0n) is 18.2. The molecule has 0 saturated carbocycles. The lowest BCUT2D eigenvalue weighted by Crippen LogP contribution is -2.47. The average Bonchev–Trinajstić information content (AvgIpc) is 2.83. The standard InChI is InChI=1S/C20H22BrN3O4.C2HF3O2/c21-15-1-3-17(4-2-15)28-13-18(25)20(27)24-11-7-14(8-12-24)19(26)23-16-5-9-22-10-6-16;3-2(4,5)1(6)7/h1-6,9-10,14,18,25H,7-8,11-13H2,(H,22,23,26);(H,6,7)/t18-;/m1./s1. The first kappa shape index (κ1) is 28.1. The van der Waals surface area contributed by atoms with E-state index in [1.54, 1.807) is 41.6 Å². The Kier molecular flexibility index (Phi) is 10.5. The molecule has 3 N–H and O–H groups in total. The van der Waals surface area contributed by atoms with Crippen LogP contribution >= 0.6 is 15.9 Å². The topological polar surface area (TPSA) is 129 Å². The molecule has 1 aromatic carbocycles. The Morgan fingerprint density at radius 2 is 1.66 bits per heavy atom. The van der Waals surface area contributed by atoms with E-state index in [2.05, 4.69) is 26.2 Å². The normalized spacial score (nSPS) is 14.8. The second-order valence-corrected chi connectivity index (χ2v) is 8.32. The minimum Gasteiger partial charge on any atom is -0.490 e. The van der Waals surface area contributed by atoms with Crippen molar-refractivity contribution in [2.45, 2.75) is 25.1 Å². The van der Waals surface area contributed by atoms with Crippen molar-refractivity contribution < 1.29 is 42.5 Å². The minimum absolute atomic E-state index is 0.0579. The maximum Gasteiger partial charge on any atom is 0.490 e. The first-order valence-corrected chi connectivity index (χ1v) is 11.1. The van der Waals surface area contributed by atoms with Crippen LogP contribution in [0.15, 0.2) is 53.3 Å². The van der Waals surface area contributed by atoms with Gasteiger partial charge >= 0.3 is 12.1 Å². The van der Waals surface area contributed by atoms with Gasteiger partial charge in [0.2, 0.25) is 5.91 Å². The largest absolute Gasteiger partial charge is 0.490 e. The number of carboxylic acid groups (broad SMARTS) is 1. The highest BCUT2D eigenvalue weighted by molar-refractivity contribution is 9.10. The first-order chi connectivity index (χ1) is 16.5. The van der Waals surface area contributed by atoms with Gasteiger partial charge in [-0.25, -0.2) is 4.79 Å². The molecule has 1 fully saturated rings. The minimum atomic E-state index is -5.08. The van der Waals surface area contributed by atoms with E-state index in [4.69, 9.17) is 14.6 Å². The fourth-order valence-corrected chi connectivity index (χ4v) is 3.29. The van der Waals surface area contributed by atoms with Crippen LogP contribution in [-0.2, 0) is 14.4 Å². The lowest BCUT2D eigenvalue weighted by atomic mass is 9.95. The lowest BCUT2D eigenvalue weighted by Gasteiger charge is -2.32. The van der Waals surface area contributed by atoms with Crippen LogP contribution in [-0.4, -0.2) is 69.9 Å². The molecule has 0 spiro atoms. The number of carbonyl (C=O) groups is 3. The molecule has 1 aromatic heterocycles. The van der Waals surface area contributed by atoms with E-state index < -0.39 is 18.2 Å². The number of alkyl halides is 3. The van der Waals surface area contributed by atoms with Crippen molar-refractivity contribution in [2.24, 2.45) is 5.92 Å². The van der Waals surface area contributed by atoms with Gasteiger partial charge in [-0.2, -0.15) is 13.2 Å². The van der Waals surface area contributed by atoms with Gasteiger partial charge in [-0.05, 0) is 49.2 Å². The lowest BCUT2D eigenvalue weighted by molar-refractivity contribution is -0.192. The summed E-state index contributed by atoms with van der Waals surface area (Å²) in [5.41, 5.74) is 0.707. The summed E-state index contributed by atoms with van der Waals surface area (Å²) in [5.74, 6) is -2.76. The van der Waals surface area contributed by atoms with E-state index in [-0.39, 0.29) is 24.3 Å². The van der Waals surface area contributed by atoms with Gasteiger partial charge in [0.05, 0.1) is 0 Å². The Morgan fingerprint density at radius 3 is 2.17 bits per heavy atom. The quantitative estimate of drug-likeness (QED) is 0.494. The third kappa shape index (κ3) is 9.53. The monoisotopic (exact) mass is 561 g/mol. The van der Waals surface area contributed by atoms with Gasteiger partial charge in [-0.1, -0.05) is 15.9 Å². The maximum absolute atomic E-state index is 12.4. The summed E-state index contributed by atoms with van der Waals surface area (Å²) in [6, 6.07) is 10.6. The Labute approximate surface area is 207 Å². The molecule has 1 saturated heterocycles. The summed E-state index contributed by atoms with van der Waals surface area (Å²) < 4.78 is 38.1. The highest BCUT2D eigenvalue weighted by Crippen LogP contribution is 2.21. The molecule has 1 aliphatic rings. The van der Waals surface area contributed by atoms with Crippen molar-refractivity contribution in [3.63, 3.8) is 0 Å². The SMILES string of the molecule is O=C(Nc1ccncc1)C1CCN(C(=O)[C@H](O)COc2ccc(Br)cc2)CC1.O=C(O)C(F)(F)F. The van der Waals surface area contributed by atoms with Gasteiger partial charge in [0.25, 0.3) is 5.91 Å². The molecule has 1 atom stereocenters. The number of benzene rings is 1. The van der Waals surface area contributed by atoms with Crippen molar-refractivity contribution in [1.82, 2.24) is 9.88 Å². The molecular formula is C22H23BrF3N3O6. The Balaban J connectivity index is 0.000000540. The van der Waals surface area contributed by atoms with Crippen LogP contribution in [0.25, 0.3) is 0 Å². The molecule has 35 heavy (non-hydrogen) atoms. The van der Waals surface area contributed by atoms with Crippen LogP contribution in [0, 0.1) is 5.92 Å². The number of rotatable bonds is 6. The molecule has 0 bridgehead atoms. The van der Waals surface area contributed by atoms with Gasteiger partial charge < -0.3 is 25.2 Å². The fraction of sp³-hybridized carbons (Fsp3) is 0.364. The Hall–Kier alpha value is -3.19. The Bertz CT molecular complexity index is 984. The predicted molar refractivity (Wildman–Crippen MR) is 122 cm³/mol. The van der Waals surface area contributed by atoms with Crippen LogP contribution in [0.4, 0.5) is 18.9 Å². The molecule has 0 aliphatic carbocycles. The van der Waals surface area contributed by atoms with E-state index in [9.17, 15) is 27.9 Å². The van der Waals surface area contributed by atoms with Crippen LogP contribution in [0.3, 0.4) is 0 Å². The van der Waals surface area contributed by atoms with Crippen molar-refractivity contribution in [2.75, 3.05) is 25.0 Å². The number of likely N-dealkylation sites (tertiary alicyclic amines) is 1. The van der Waals surface area contributed by atoms with Gasteiger partial charge in [0, 0.05) is 41.6 Å². The van der Waals surface area contributed by atoms with Gasteiger partial charge in [0.1, 0.15) is 12.4 Å². The van der Waals surface area contributed by atoms with E-state index in [0.29, 0.717) is 37.4 Å². The van der Waals surface area contributed by atoms with Crippen molar-refractivity contribution >= 4 is 39.4 Å². The molecule has 3 rings (SSSR count). The van der Waals surface area contributed by atoms with Gasteiger partial charge in [0.15, 0.2) is 6.10 Å². The summed E-state index contributed by atoms with van der Waals surface area (Å²) in [6.07, 6.45) is -1.96. The van der Waals surface area contributed by atoms with E-state index in [0.717, 1.165) is 4.47 Å². The van der Waals surface area contributed by atoms with Crippen LogP contribution in [0.5, 0.6) is 5.75 Å². The number of amides is 2. The number of aromatic nitrogens is 1. The molecule has 13 heteroatoms. The summed E-state index contributed by atoms with van der Waals surface area (Å²) in [5, 5.41) is 20.1. The molecule has 190 valence electrons. The molecule has 0 radical (unpaired) electrons. The molecule has 9 nitrogen and oxygen atoms in total. The van der Waals surface area contributed by atoms with E-state index >= 15 is 0 Å². The number of pyridine rings is 1. The highest BCUT2D eigenvalue weighted by atomic mass is 79.9. The van der Waals surface area contributed by atoms with Crippen molar-refractivity contribution in [3.05, 3.63) is 53.3 Å². The highest BCUT2D eigenvalue weighted by Gasteiger charge is 2.38. The van der Waals surface area contributed by atoms with Crippen molar-refractivity contribution in [1.29, 1.82) is 0 Å². The van der Waals surface area contributed by atoms with E-state index in [1.807, 2.05) is 12.1 Å². The van der Waals surface area contributed by atoms with Crippen molar-refractivity contribution in [3.8, 4) is 5.75 Å². The number of hydrogen-bond donors (Lipinski definition) is 3. The van der Waals surface area contributed by atoms with Gasteiger partial charge in [-0.3, -0.25) is 14.6 Å². The van der Waals surface area contributed by atoms with E-state index in [1.165, 1.54) is 0 Å². The molecule has 0 unspecified atom stereocenters. The molecule has 2 aromatic rings. The average molecular weight is 562 g/mol. The Morgan fingerprint density at radius 1 is 1.11 bits per heavy atom. The number of aliphatic carboxylic acids is 1. The molecule has 2 heterocycles. The third-order valence-electron chi connectivity index (χ3n) is 4.87. The summed E-state index contributed by atoms with van der Waals surface area (Å²) in [6.45, 7) is 0.758. The zero-order valence-corrected chi connectivity index (χ0v) is 19.8. The number of carbonyl (C=O) groups excluding carboxylic acids is 2. The molecule has 2 amide bonds. The molecule has 1 aliphatic heterocycles. The number of aliphatic hydroxyl groups excluding tert-OH is 1. The molecular weight excluding hydrogens is 539 g/mol. The number of halogens is 4. The maximum atomic E-state index is 12.4. The number of nitrogens with one attached hydrogen (secondary N) is 1. The second-order valence-electron chi connectivity index (χ2n) is 7.41. The third-order valence-corrected chi connectivity index (χ3v) is 5.40. The summed E-state index contributed by atoms with van der Waals surface area (Å²) in [7, 11) is 0. The summed E-state index contributed by atoms with van der Waals surface area (Å²) in [4.78, 5) is 39.2. The number of hydrogen-bond acceptors (Lipinski definition) is 6. The predicted octanol–water partition coefficient (Wildman–Crippen LogP) is 3.09. The fourth-order valence-electron chi connectivity index (χ4n) is 3.03. The second kappa shape index (κ2) is 13.0. The number of aliphatic hydroxyl groups is 1. The summed E-state index contributed by atoms with van der Waals surface area (Å²) >= 11 is 3.34.